The van der Waals surface area contributed by atoms with Crippen molar-refractivity contribution in [3.63, 3.8) is 0 Å². The van der Waals surface area contributed by atoms with Gasteiger partial charge in [0.05, 0.1) is 5.41 Å². The number of carbonyl (C=O) groups excluding carboxylic acids is 2. The standard InChI is InChI=1S/C18H24N6O4/c1-12-20-17(28-22-12)18-7-14(21-15(25)9-24-5-3-4-19-24)6-13(18)8-23(11-18)16(26)10-27-2/h3-5,13-14H,6-11H2,1-2H3,(H,21,25)/t13-,14+,18-/m0/s1. The summed E-state index contributed by atoms with van der Waals surface area (Å²) in [4.78, 5) is 31.0. The van der Waals surface area contributed by atoms with E-state index in [9.17, 15) is 9.59 Å². The molecule has 1 saturated carbocycles. The number of methoxy groups -OCH3 is 1. The van der Waals surface area contributed by atoms with Crippen LogP contribution in [0.2, 0.25) is 0 Å². The number of hydrogen-bond donors (Lipinski definition) is 1. The molecular formula is C18H24N6O4. The van der Waals surface area contributed by atoms with Crippen molar-refractivity contribution >= 4 is 11.8 Å². The van der Waals surface area contributed by atoms with Gasteiger partial charge < -0.3 is 19.5 Å². The van der Waals surface area contributed by atoms with Gasteiger partial charge in [-0.1, -0.05) is 5.16 Å². The van der Waals surface area contributed by atoms with E-state index in [0.717, 1.165) is 6.42 Å². The van der Waals surface area contributed by atoms with Crippen LogP contribution in [0.25, 0.3) is 0 Å². The molecule has 3 heterocycles. The third-order valence-corrected chi connectivity index (χ3v) is 5.68. The zero-order valence-electron chi connectivity index (χ0n) is 16.0. The third-order valence-electron chi connectivity index (χ3n) is 5.68. The first kappa shape index (κ1) is 18.6. The summed E-state index contributed by atoms with van der Waals surface area (Å²) in [5, 5.41) is 11.1. The van der Waals surface area contributed by atoms with E-state index in [-0.39, 0.29) is 36.9 Å². The van der Waals surface area contributed by atoms with Crippen LogP contribution >= 0.6 is 0 Å². The van der Waals surface area contributed by atoms with Crippen LogP contribution in [0.5, 0.6) is 0 Å². The third kappa shape index (κ3) is 3.39. The minimum Gasteiger partial charge on any atom is -0.375 e. The predicted octanol–water partition coefficient (Wildman–Crippen LogP) is -0.104. The molecule has 28 heavy (non-hydrogen) atoms. The van der Waals surface area contributed by atoms with Crippen LogP contribution in [0, 0.1) is 12.8 Å². The molecule has 2 fully saturated rings. The van der Waals surface area contributed by atoms with Gasteiger partial charge in [-0.25, -0.2) is 0 Å². The van der Waals surface area contributed by atoms with E-state index in [2.05, 4.69) is 20.6 Å². The Morgan fingerprint density at radius 3 is 3.00 bits per heavy atom. The number of hydrogen-bond acceptors (Lipinski definition) is 7. The highest BCUT2D eigenvalue weighted by Crippen LogP contribution is 2.50. The lowest BCUT2D eigenvalue weighted by molar-refractivity contribution is -0.134. The molecule has 1 aliphatic carbocycles. The molecule has 2 aromatic heterocycles. The lowest BCUT2D eigenvalue weighted by Gasteiger charge is -2.25. The smallest absolute Gasteiger partial charge is 0.248 e. The number of nitrogens with zero attached hydrogens (tertiary/aromatic N) is 5. The molecule has 0 radical (unpaired) electrons. The number of aryl methyl sites for hydroxylation is 1. The predicted molar refractivity (Wildman–Crippen MR) is 96.1 cm³/mol. The van der Waals surface area contributed by atoms with Gasteiger partial charge in [0.2, 0.25) is 17.7 Å². The quantitative estimate of drug-likeness (QED) is 0.734. The average molecular weight is 388 g/mol. The van der Waals surface area contributed by atoms with Crippen LogP contribution < -0.4 is 5.32 Å². The summed E-state index contributed by atoms with van der Waals surface area (Å²) in [5.41, 5.74) is -0.436. The summed E-state index contributed by atoms with van der Waals surface area (Å²) in [7, 11) is 1.51. The van der Waals surface area contributed by atoms with Crippen molar-refractivity contribution < 1.29 is 18.8 Å². The number of rotatable bonds is 6. The highest BCUT2D eigenvalue weighted by atomic mass is 16.5. The maximum Gasteiger partial charge on any atom is 0.248 e. The number of amides is 2. The fourth-order valence-electron chi connectivity index (χ4n) is 4.53. The SMILES string of the molecule is COCC(=O)N1C[C@@H]2C[C@@H](NC(=O)Cn3cccn3)C[C@]2(c2nc(C)no2)C1. The van der Waals surface area contributed by atoms with Crippen LogP contribution in [0.15, 0.2) is 23.0 Å². The van der Waals surface area contributed by atoms with Gasteiger partial charge >= 0.3 is 0 Å². The fraction of sp³-hybridized carbons (Fsp3) is 0.611. The molecule has 1 N–H and O–H groups in total. The van der Waals surface area contributed by atoms with Crippen LogP contribution in [-0.2, 0) is 26.3 Å². The number of likely N-dealkylation sites (tertiary alicyclic amines) is 1. The Morgan fingerprint density at radius 1 is 1.46 bits per heavy atom. The van der Waals surface area contributed by atoms with E-state index in [1.54, 1.807) is 35.0 Å². The minimum absolute atomic E-state index is 0.0139. The van der Waals surface area contributed by atoms with Crippen LogP contribution in [-0.4, -0.2) is 69.5 Å². The maximum atomic E-state index is 12.4. The van der Waals surface area contributed by atoms with Gasteiger partial charge in [0, 0.05) is 38.6 Å². The monoisotopic (exact) mass is 388 g/mol. The van der Waals surface area contributed by atoms with Crippen LogP contribution in [0.3, 0.4) is 0 Å². The zero-order valence-corrected chi connectivity index (χ0v) is 16.0. The van der Waals surface area contributed by atoms with E-state index in [4.69, 9.17) is 9.26 Å². The van der Waals surface area contributed by atoms with E-state index in [0.29, 0.717) is 31.2 Å². The van der Waals surface area contributed by atoms with Gasteiger partial charge in [-0.3, -0.25) is 14.3 Å². The van der Waals surface area contributed by atoms with Crippen molar-refractivity contribution in [1.29, 1.82) is 0 Å². The molecule has 3 atom stereocenters. The largest absolute Gasteiger partial charge is 0.375 e. The minimum atomic E-state index is -0.436. The summed E-state index contributed by atoms with van der Waals surface area (Å²) in [6.07, 6.45) is 4.81. The Hall–Kier alpha value is -2.75. The summed E-state index contributed by atoms with van der Waals surface area (Å²) in [6.45, 7) is 3.09. The molecule has 0 unspecified atom stereocenters. The molecule has 2 aliphatic rings. The number of nitrogens with one attached hydrogen (secondary N) is 1. The summed E-state index contributed by atoms with van der Waals surface area (Å²) < 4.78 is 12.1. The maximum absolute atomic E-state index is 12.4. The summed E-state index contributed by atoms with van der Waals surface area (Å²) in [6, 6.07) is 1.77. The number of aromatic nitrogens is 4. The number of carbonyl (C=O) groups is 2. The summed E-state index contributed by atoms with van der Waals surface area (Å²) in [5.74, 6) is 1.12. The highest BCUT2D eigenvalue weighted by Gasteiger charge is 2.58. The van der Waals surface area contributed by atoms with Crippen molar-refractivity contribution in [2.24, 2.45) is 5.92 Å². The van der Waals surface area contributed by atoms with E-state index < -0.39 is 5.41 Å². The van der Waals surface area contributed by atoms with Crippen molar-refractivity contribution in [3.8, 4) is 0 Å². The first-order chi connectivity index (χ1) is 13.5. The molecule has 150 valence electrons. The Morgan fingerprint density at radius 2 is 2.32 bits per heavy atom. The highest BCUT2D eigenvalue weighted by molar-refractivity contribution is 5.78. The first-order valence-electron chi connectivity index (χ1n) is 9.34. The molecule has 1 aliphatic heterocycles. The van der Waals surface area contributed by atoms with Crippen LogP contribution in [0.1, 0.15) is 24.6 Å². The first-order valence-corrected chi connectivity index (χ1v) is 9.34. The molecule has 4 rings (SSSR count). The van der Waals surface area contributed by atoms with Gasteiger partial charge in [0.1, 0.15) is 13.2 Å². The number of fused-ring (bicyclic) bond motifs is 1. The molecule has 10 nitrogen and oxygen atoms in total. The lowest BCUT2D eigenvalue weighted by atomic mass is 9.80. The zero-order chi connectivity index (χ0) is 19.7. The Balaban J connectivity index is 1.49. The Kier molecular flexibility index (Phi) is 4.88. The lowest BCUT2D eigenvalue weighted by Crippen LogP contribution is -2.41. The molecule has 10 heteroatoms. The second kappa shape index (κ2) is 7.34. The average Bonchev–Trinajstić information content (AvgIpc) is 3.39. The van der Waals surface area contributed by atoms with Gasteiger partial charge in [-0.2, -0.15) is 10.1 Å². The van der Waals surface area contributed by atoms with E-state index in [1.807, 2.05) is 0 Å². The van der Waals surface area contributed by atoms with Crippen molar-refractivity contribution in [3.05, 3.63) is 30.2 Å². The number of ether oxygens (including phenoxy) is 1. The summed E-state index contributed by atoms with van der Waals surface area (Å²) >= 11 is 0. The normalized spacial score (nSPS) is 26.4. The van der Waals surface area contributed by atoms with Crippen LogP contribution in [0.4, 0.5) is 0 Å². The second-order valence-corrected chi connectivity index (χ2v) is 7.61. The molecular weight excluding hydrogens is 364 g/mol. The van der Waals surface area contributed by atoms with Crippen molar-refractivity contribution in [2.75, 3.05) is 26.8 Å². The molecule has 1 saturated heterocycles. The second-order valence-electron chi connectivity index (χ2n) is 7.61. The topological polar surface area (TPSA) is 115 Å². The fourth-order valence-corrected chi connectivity index (χ4v) is 4.53. The van der Waals surface area contributed by atoms with E-state index in [1.165, 1.54) is 7.11 Å². The van der Waals surface area contributed by atoms with Gasteiger partial charge in [0.15, 0.2) is 5.82 Å². The van der Waals surface area contributed by atoms with E-state index >= 15 is 0 Å². The Labute approximate surface area is 162 Å². The van der Waals surface area contributed by atoms with Crippen molar-refractivity contribution in [1.82, 2.24) is 30.1 Å². The molecule has 0 spiro atoms. The molecule has 0 bridgehead atoms. The van der Waals surface area contributed by atoms with Crippen molar-refractivity contribution in [2.45, 2.75) is 37.8 Å². The molecule has 2 amide bonds. The van der Waals surface area contributed by atoms with Gasteiger partial charge in [-0.15, -0.1) is 0 Å². The van der Waals surface area contributed by atoms with Gasteiger partial charge in [0.25, 0.3) is 0 Å². The molecule has 2 aromatic rings. The molecule has 0 aromatic carbocycles. The Bertz CT molecular complexity index is 850. The van der Waals surface area contributed by atoms with Gasteiger partial charge in [-0.05, 0) is 31.7 Å².